The summed E-state index contributed by atoms with van der Waals surface area (Å²) in [5, 5.41) is 16.1. The largest absolute Gasteiger partial charge is 0.444 e. The minimum atomic E-state index is -0.457. The number of rotatable bonds is 7. The average Bonchev–Trinajstić information content (AvgIpc) is 2.73. The lowest BCUT2D eigenvalue weighted by atomic mass is 10.1. The highest BCUT2D eigenvalue weighted by Gasteiger charge is 2.15. The highest BCUT2D eigenvalue weighted by Crippen LogP contribution is 2.17. The van der Waals surface area contributed by atoms with Crippen molar-refractivity contribution in [1.82, 2.24) is 15.5 Å². The first-order valence-electron chi connectivity index (χ1n) is 7.29. The van der Waals surface area contributed by atoms with Gasteiger partial charge >= 0.3 is 6.09 Å². The summed E-state index contributed by atoms with van der Waals surface area (Å²) >= 11 is 1.59. The molecule has 0 aliphatic heterocycles. The molecule has 2 N–H and O–H groups in total. The van der Waals surface area contributed by atoms with Crippen LogP contribution >= 0.6 is 11.3 Å². The molecule has 0 atom stereocenters. The van der Waals surface area contributed by atoms with E-state index in [2.05, 4.69) is 34.7 Å². The van der Waals surface area contributed by atoms with Crippen molar-refractivity contribution in [2.45, 2.75) is 53.1 Å². The zero-order valence-corrected chi connectivity index (χ0v) is 14.3. The standard InChI is InChI=1S/C14H26N4O2S/c1-10(2)9-11-17-18-12(21-11)15-7-6-8-16-13(19)20-14(3,4)5/h10H,6-9H2,1-5H3,(H,15,18)(H,16,19). The summed E-state index contributed by atoms with van der Waals surface area (Å²) in [5.74, 6) is 0.587. The number of hydrogen-bond acceptors (Lipinski definition) is 6. The first-order chi connectivity index (χ1) is 9.76. The van der Waals surface area contributed by atoms with Crippen LogP contribution in [0.25, 0.3) is 0 Å². The summed E-state index contributed by atoms with van der Waals surface area (Å²) in [6.07, 6.45) is 1.38. The van der Waals surface area contributed by atoms with Crippen LogP contribution in [-0.2, 0) is 11.2 Å². The molecule has 1 rings (SSSR count). The van der Waals surface area contributed by atoms with Gasteiger partial charge in [0.2, 0.25) is 5.13 Å². The molecule has 1 heterocycles. The van der Waals surface area contributed by atoms with Crippen LogP contribution in [0.15, 0.2) is 0 Å². The Bertz CT molecular complexity index is 440. The predicted molar refractivity (Wildman–Crippen MR) is 85.8 cm³/mol. The number of ether oxygens (including phenoxy) is 1. The van der Waals surface area contributed by atoms with E-state index in [9.17, 15) is 4.79 Å². The van der Waals surface area contributed by atoms with Crippen molar-refractivity contribution < 1.29 is 9.53 Å². The van der Waals surface area contributed by atoms with Crippen LogP contribution in [0.2, 0.25) is 0 Å². The van der Waals surface area contributed by atoms with E-state index >= 15 is 0 Å². The average molecular weight is 314 g/mol. The van der Waals surface area contributed by atoms with Gasteiger partial charge in [0.1, 0.15) is 10.6 Å². The summed E-state index contributed by atoms with van der Waals surface area (Å²) in [5.41, 5.74) is -0.457. The highest BCUT2D eigenvalue weighted by atomic mass is 32.1. The van der Waals surface area contributed by atoms with Crippen molar-refractivity contribution in [2.75, 3.05) is 18.4 Å². The summed E-state index contributed by atoms with van der Waals surface area (Å²) in [7, 11) is 0. The number of hydrogen-bond donors (Lipinski definition) is 2. The lowest BCUT2D eigenvalue weighted by molar-refractivity contribution is 0.0528. The van der Waals surface area contributed by atoms with Gasteiger partial charge < -0.3 is 15.4 Å². The van der Waals surface area contributed by atoms with Gasteiger partial charge in [0.15, 0.2) is 0 Å². The molecule has 0 aliphatic carbocycles. The minimum absolute atomic E-state index is 0.377. The molecule has 0 spiro atoms. The molecule has 1 aromatic heterocycles. The number of alkyl carbamates (subject to hydrolysis) is 1. The minimum Gasteiger partial charge on any atom is -0.444 e. The number of anilines is 1. The van der Waals surface area contributed by atoms with E-state index in [4.69, 9.17) is 4.74 Å². The molecule has 7 heteroatoms. The van der Waals surface area contributed by atoms with E-state index in [1.165, 1.54) is 0 Å². The summed E-state index contributed by atoms with van der Waals surface area (Å²) in [4.78, 5) is 11.4. The van der Waals surface area contributed by atoms with Gasteiger partial charge in [0.25, 0.3) is 0 Å². The Kier molecular flexibility index (Phi) is 6.87. The van der Waals surface area contributed by atoms with Gasteiger partial charge in [0.05, 0.1) is 0 Å². The molecule has 1 amide bonds. The third-order valence-corrected chi connectivity index (χ3v) is 3.25. The van der Waals surface area contributed by atoms with E-state index in [1.807, 2.05) is 20.8 Å². The van der Waals surface area contributed by atoms with Crippen LogP contribution in [0, 0.1) is 5.92 Å². The Labute approximate surface area is 130 Å². The van der Waals surface area contributed by atoms with E-state index in [0.717, 1.165) is 29.5 Å². The van der Waals surface area contributed by atoms with Crippen LogP contribution in [0.5, 0.6) is 0 Å². The van der Waals surface area contributed by atoms with E-state index < -0.39 is 5.60 Å². The fourth-order valence-corrected chi connectivity index (χ4v) is 2.52. The Balaban J connectivity index is 2.14. The van der Waals surface area contributed by atoms with E-state index in [-0.39, 0.29) is 6.09 Å². The second-order valence-electron chi connectivity index (χ2n) is 6.31. The van der Waals surface area contributed by atoms with Crippen LogP contribution in [0.1, 0.15) is 46.0 Å². The molecule has 0 fully saturated rings. The van der Waals surface area contributed by atoms with Gasteiger partial charge in [-0.2, -0.15) is 0 Å². The van der Waals surface area contributed by atoms with Gasteiger partial charge in [-0.05, 0) is 33.1 Å². The second kappa shape index (κ2) is 8.17. The molecular formula is C14H26N4O2S. The van der Waals surface area contributed by atoms with Crippen molar-refractivity contribution in [2.24, 2.45) is 5.92 Å². The third kappa shape index (κ3) is 8.49. The van der Waals surface area contributed by atoms with Crippen molar-refractivity contribution >= 4 is 22.6 Å². The zero-order chi connectivity index (χ0) is 15.9. The lowest BCUT2D eigenvalue weighted by Gasteiger charge is -2.19. The van der Waals surface area contributed by atoms with Crippen molar-refractivity contribution in [3.05, 3.63) is 5.01 Å². The maximum Gasteiger partial charge on any atom is 0.407 e. The molecule has 0 aliphatic rings. The second-order valence-corrected chi connectivity index (χ2v) is 7.37. The van der Waals surface area contributed by atoms with Crippen LogP contribution in [-0.4, -0.2) is 35.0 Å². The van der Waals surface area contributed by atoms with Crippen LogP contribution < -0.4 is 10.6 Å². The lowest BCUT2D eigenvalue weighted by Crippen LogP contribution is -2.33. The molecule has 0 unspecified atom stereocenters. The molecule has 0 aromatic carbocycles. The maximum absolute atomic E-state index is 11.4. The molecule has 1 aromatic rings. The molecule has 120 valence electrons. The fourth-order valence-electron chi connectivity index (χ4n) is 1.55. The summed E-state index contributed by atoms with van der Waals surface area (Å²) < 4.78 is 5.15. The zero-order valence-electron chi connectivity index (χ0n) is 13.5. The van der Waals surface area contributed by atoms with Crippen molar-refractivity contribution in [1.29, 1.82) is 0 Å². The summed E-state index contributed by atoms with van der Waals surface area (Å²) in [6, 6.07) is 0. The van der Waals surface area contributed by atoms with Gasteiger partial charge in [-0.1, -0.05) is 25.2 Å². The van der Waals surface area contributed by atoms with Crippen LogP contribution in [0.4, 0.5) is 9.93 Å². The molecule has 21 heavy (non-hydrogen) atoms. The van der Waals surface area contributed by atoms with Crippen LogP contribution in [0.3, 0.4) is 0 Å². The fraction of sp³-hybridized carbons (Fsp3) is 0.786. The van der Waals surface area contributed by atoms with Crippen molar-refractivity contribution in [3.63, 3.8) is 0 Å². The molecule has 0 radical (unpaired) electrons. The maximum atomic E-state index is 11.4. The first kappa shape index (κ1) is 17.7. The highest BCUT2D eigenvalue weighted by molar-refractivity contribution is 7.15. The van der Waals surface area contributed by atoms with E-state index in [1.54, 1.807) is 11.3 Å². The normalized spacial score (nSPS) is 11.5. The molecule has 0 saturated heterocycles. The number of nitrogens with zero attached hydrogens (tertiary/aromatic N) is 2. The Morgan fingerprint density at radius 2 is 2.00 bits per heavy atom. The number of carbonyl (C=O) groups is 1. The SMILES string of the molecule is CC(C)Cc1nnc(NCCCNC(=O)OC(C)(C)C)s1. The van der Waals surface area contributed by atoms with Gasteiger partial charge in [-0.3, -0.25) is 0 Å². The monoisotopic (exact) mass is 314 g/mol. The molecular weight excluding hydrogens is 288 g/mol. The third-order valence-electron chi connectivity index (χ3n) is 2.35. The van der Waals surface area contributed by atoms with E-state index in [0.29, 0.717) is 12.5 Å². The van der Waals surface area contributed by atoms with Gasteiger partial charge in [-0.15, -0.1) is 10.2 Å². The predicted octanol–water partition coefficient (Wildman–Crippen LogP) is 3.06. The van der Waals surface area contributed by atoms with Gasteiger partial charge in [-0.25, -0.2) is 4.79 Å². The topological polar surface area (TPSA) is 76.1 Å². The molecule has 0 saturated carbocycles. The Hall–Kier alpha value is -1.37. The molecule has 6 nitrogen and oxygen atoms in total. The number of carbonyl (C=O) groups excluding carboxylic acids is 1. The first-order valence-corrected chi connectivity index (χ1v) is 8.11. The number of nitrogens with one attached hydrogen (secondary N) is 2. The quantitative estimate of drug-likeness (QED) is 0.756. The number of amides is 1. The molecule has 0 bridgehead atoms. The van der Waals surface area contributed by atoms with Gasteiger partial charge in [0, 0.05) is 19.5 Å². The summed E-state index contributed by atoms with van der Waals surface area (Å²) in [6.45, 7) is 11.2. The number of aromatic nitrogens is 2. The Morgan fingerprint density at radius 1 is 1.29 bits per heavy atom. The van der Waals surface area contributed by atoms with Crippen molar-refractivity contribution in [3.8, 4) is 0 Å². The Morgan fingerprint density at radius 3 is 2.62 bits per heavy atom. The smallest absolute Gasteiger partial charge is 0.407 e.